The van der Waals surface area contributed by atoms with Gasteiger partial charge in [0.25, 0.3) is 0 Å². The van der Waals surface area contributed by atoms with Gasteiger partial charge in [-0.1, -0.05) is 13.8 Å². The molecule has 0 aromatic heterocycles. The van der Waals surface area contributed by atoms with E-state index in [4.69, 9.17) is 0 Å². The predicted octanol–water partition coefficient (Wildman–Crippen LogP) is 1.85. The van der Waals surface area contributed by atoms with Gasteiger partial charge in [-0.15, -0.1) is 0 Å². The van der Waals surface area contributed by atoms with E-state index in [1.165, 1.54) is 0 Å². The quantitative estimate of drug-likeness (QED) is 0.584. The normalized spacial score (nSPS) is 44.6. The smallest absolute Gasteiger partial charge is 0.158 e. The maximum Gasteiger partial charge on any atom is 0.158 e. The second-order valence-electron chi connectivity index (χ2n) is 4.50. The standard InChI is InChI=1S/C9H18O2S/c1-6-7(2)9(4,5)12(10,11)8(6)3/h6-8H,1-5H3. The van der Waals surface area contributed by atoms with Crippen molar-refractivity contribution in [1.29, 1.82) is 0 Å². The second kappa shape index (κ2) is 2.47. The van der Waals surface area contributed by atoms with Crippen molar-refractivity contribution in [3.05, 3.63) is 0 Å². The van der Waals surface area contributed by atoms with Crippen LogP contribution in [-0.2, 0) is 9.84 Å². The van der Waals surface area contributed by atoms with E-state index in [2.05, 4.69) is 0 Å². The van der Waals surface area contributed by atoms with Crippen molar-refractivity contribution in [1.82, 2.24) is 0 Å². The van der Waals surface area contributed by atoms with Crippen LogP contribution in [-0.4, -0.2) is 18.4 Å². The number of hydrogen-bond acceptors (Lipinski definition) is 2. The van der Waals surface area contributed by atoms with Crippen LogP contribution in [0.15, 0.2) is 0 Å². The number of sulfone groups is 1. The molecule has 0 radical (unpaired) electrons. The van der Waals surface area contributed by atoms with E-state index in [-0.39, 0.29) is 17.1 Å². The monoisotopic (exact) mass is 190 g/mol. The topological polar surface area (TPSA) is 34.1 Å². The van der Waals surface area contributed by atoms with E-state index in [9.17, 15) is 8.42 Å². The third-order valence-electron chi connectivity index (χ3n) is 3.85. The molecule has 2 nitrogen and oxygen atoms in total. The van der Waals surface area contributed by atoms with Gasteiger partial charge in [0.1, 0.15) is 0 Å². The Labute approximate surface area is 75.3 Å². The average Bonchev–Trinajstić information content (AvgIpc) is 2.05. The maximum atomic E-state index is 11.8. The van der Waals surface area contributed by atoms with Gasteiger partial charge < -0.3 is 0 Å². The molecule has 1 rings (SSSR count). The lowest BCUT2D eigenvalue weighted by atomic mass is 9.85. The van der Waals surface area contributed by atoms with Crippen LogP contribution in [0.5, 0.6) is 0 Å². The summed E-state index contributed by atoms with van der Waals surface area (Å²) in [7, 11) is -2.90. The van der Waals surface area contributed by atoms with Gasteiger partial charge in [0.2, 0.25) is 0 Å². The molecular formula is C9H18O2S. The fraction of sp³-hybridized carbons (Fsp3) is 1.00. The molecule has 3 heteroatoms. The summed E-state index contributed by atoms with van der Waals surface area (Å²) >= 11 is 0. The van der Waals surface area contributed by atoms with Gasteiger partial charge in [-0.05, 0) is 32.6 Å². The van der Waals surface area contributed by atoms with Crippen molar-refractivity contribution in [2.75, 3.05) is 0 Å². The van der Waals surface area contributed by atoms with Gasteiger partial charge in [-0.2, -0.15) is 0 Å². The molecule has 0 amide bonds. The lowest BCUT2D eigenvalue weighted by Gasteiger charge is -2.23. The Bertz CT molecular complexity index is 277. The molecule has 1 fully saturated rings. The van der Waals surface area contributed by atoms with Gasteiger partial charge >= 0.3 is 0 Å². The Balaban J connectivity index is 3.24. The first kappa shape index (κ1) is 10.0. The van der Waals surface area contributed by atoms with Crippen LogP contribution in [0.3, 0.4) is 0 Å². The third-order valence-corrected chi connectivity index (χ3v) is 7.10. The lowest BCUT2D eigenvalue weighted by molar-refractivity contribution is 0.352. The molecule has 72 valence electrons. The van der Waals surface area contributed by atoms with Crippen molar-refractivity contribution in [2.45, 2.75) is 44.6 Å². The highest BCUT2D eigenvalue weighted by Gasteiger charge is 2.53. The van der Waals surface area contributed by atoms with Crippen molar-refractivity contribution >= 4 is 9.84 Å². The van der Waals surface area contributed by atoms with Crippen molar-refractivity contribution < 1.29 is 8.42 Å². The van der Waals surface area contributed by atoms with Crippen LogP contribution in [0.2, 0.25) is 0 Å². The third kappa shape index (κ3) is 0.951. The summed E-state index contributed by atoms with van der Waals surface area (Å²) in [6, 6.07) is 0. The molecule has 1 heterocycles. The Morgan fingerprint density at radius 3 is 1.58 bits per heavy atom. The summed E-state index contributed by atoms with van der Waals surface area (Å²) in [6.45, 7) is 9.57. The molecule has 0 aliphatic carbocycles. The van der Waals surface area contributed by atoms with Crippen LogP contribution in [0, 0.1) is 11.8 Å². The molecule has 0 bridgehead atoms. The molecular weight excluding hydrogens is 172 g/mol. The molecule has 0 saturated carbocycles. The molecule has 1 aliphatic heterocycles. The lowest BCUT2D eigenvalue weighted by Crippen LogP contribution is -2.33. The highest BCUT2D eigenvalue weighted by Crippen LogP contribution is 2.44. The largest absolute Gasteiger partial charge is 0.228 e. The number of rotatable bonds is 0. The Morgan fingerprint density at radius 2 is 1.50 bits per heavy atom. The SMILES string of the molecule is CC1C(C)C(C)(C)S(=O)(=O)C1C. The first-order valence-electron chi connectivity index (χ1n) is 4.46. The summed E-state index contributed by atoms with van der Waals surface area (Å²) in [5, 5.41) is -0.178. The van der Waals surface area contributed by atoms with E-state index in [1.807, 2.05) is 34.6 Å². The molecule has 1 saturated heterocycles. The minimum absolute atomic E-state index is 0.178. The molecule has 0 aromatic rings. The van der Waals surface area contributed by atoms with E-state index in [0.29, 0.717) is 0 Å². The van der Waals surface area contributed by atoms with Crippen molar-refractivity contribution in [3.8, 4) is 0 Å². The van der Waals surface area contributed by atoms with Crippen LogP contribution >= 0.6 is 0 Å². The fourth-order valence-corrected chi connectivity index (χ4v) is 4.55. The summed E-state index contributed by atoms with van der Waals surface area (Å²) in [4.78, 5) is 0. The summed E-state index contributed by atoms with van der Waals surface area (Å²) in [6.07, 6.45) is 0. The van der Waals surface area contributed by atoms with Crippen LogP contribution in [0.1, 0.15) is 34.6 Å². The van der Waals surface area contributed by atoms with E-state index < -0.39 is 14.6 Å². The highest BCUT2D eigenvalue weighted by molar-refractivity contribution is 7.93. The Hall–Kier alpha value is -0.0500. The summed E-state index contributed by atoms with van der Waals surface area (Å²) in [5.41, 5.74) is 0. The van der Waals surface area contributed by atoms with E-state index in [0.717, 1.165) is 0 Å². The van der Waals surface area contributed by atoms with Gasteiger partial charge in [0.15, 0.2) is 9.84 Å². The zero-order chi connectivity index (χ0) is 9.73. The zero-order valence-electron chi connectivity index (χ0n) is 8.46. The Morgan fingerprint density at radius 1 is 1.08 bits per heavy atom. The molecule has 0 spiro atoms. The van der Waals surface area contributed by atoms with Crippen molar-refractivity contribution in [2.24, 2.45) is 11.8 Å². The zero-order valence-corrected chi connectivity index (χ0v) is 9.27. The minimum Gasteiger partial charge on any atom is -0.228 e. The van der Waals surface area contributed by atoms with Gasteiger partial charge in [0.05, 0.1) is 10.00 Å². The Kier molecular flexibility index (Phi) is 2.07. The van der Waals surface area contributed by atoms with Crippen LogP contribution < -0.4 is 0 Å². The van der Waals surface area contributed by atoms with Crippen LogP contribution in [0.4, 0.5) is 0 Å². The minimum atomic E-state index is -2.90. The molecule has 3 atom stereocenters. The number of hydrogen-bond donors (Lipinski definition) is 0. The fourth-order valence-electron chi connectivity index (χ4n) is 2.06. The first-order chi connectivity index (χ1) is 5.23. The molecule has 0 N–H and O–H groups in total. The highest BCUT2D eigenvalue weighted by atomic mass is 32.2. The maximum absolute atomic E-state index is 11.8. The first-order valence-corrected chi connectivity index (χ1v) is 6.01. The molecule has 1 aliphatic rings. The van der Waals surface area contributed by atoms with E-state index >= 15 is 0 Å². The van der Waals surface area contributed by atoms with Gasteiger partial charge in [-0.3, -0.25) is 0 Å². The predicted molar refractivity (Wildman–Crippen MR) is 50.8 cm³/mol. The van der Waals surface area contributed by atoms with E-state index in [1.54, 1.807) is 0 Å². The molecule has 0 aromatic carbocycles. The summed E-state index contributed by atoms with van der Waals surface area (Å²) in [5.74, 6) is 0.544. The van der Waals surface area contributed by atoms with Gasteiger partial charge in [-0.25, -0.2) is 8.42 Å². The second-order valence-corrected chi connectivity index (χ2v) is 7.39. The van der Waals surface area contributed by atoms with Gasteiger partial charge in [0, 0.05) is 0 Å². The van der Waals surface area contributed by atoms with Crippen molar-refractivity contribution in [3.63, 3.8) is 0 Å². The average molecular weight is 190 g/mol. The molecule has 12 heavy (non-hydrogen) atoms. The molecule has 3 unspecified atom stereocenters. The summed E-state index contributed by atoms with van der Waals surface area (Å²) < 4.78 is 23.1. The van der Waals surface area contributed by atoms with Crippen LogP contribution in [0.25, 0.3) is 0 Å².